The zero-order chi connectivity index (χ0) is 21.3. The van der Waals surface area contributed by atoms with E-state index in [0.717, 1.165) is 23.9 Å². The van der Waals surface area contributed by atoms with Crippen molar-refractivity contribution in [1.82, 2.24) is 8.75 Å². The van der Waals surface area contributed by atoms with Gasteiger partial charge >= 0.3 is 0 Å². The first-order valence-corrected chi connectivity index (χ1v) is 11.6. The average molecular weight is 427 g/mol. The molecule has 0 saturated carbocycles. The van der Waals surface area contributed by atoms with Gasteiger partial charge in [0.1, 0.15) is 11.0 Å². The van der Waals surface area contributed by atoms with E-state index >= 15 is 0 Å². The largest absolute Gasteiger partial charge is 0.186 e. The van der Waals surface area contributed by atoms with Gasteiger partial charge in [0.25, 0.3) is 0 Å². The van der Waals surface area contributed by atoms with E-state index in [2.05, 4.69) is 104 Å². The molecular weight excluding hydrogens is 407 g/mol. The Morgan fingerprint density at radius 2 is 1.19 bits per heavy atom. The van der Waals surface area contributed by atoms with Crippen LogP contribution in [0.2, 0.25) is 0 Å². The van der Waals surface area contributed by atoms with Crippen molar-refractivity contribution >= 4 is 52.2 Å². The van der Waals surface area contributed by atoms with Gasteiger partial charge in [0.05, 0.1) is 11.7 Å². The number of aromatic nitrogens is 2. The molecule has 0 saturated heterocycles. The average Bonchev–Trinajstić information content (AvgIpc) is 3.61. The van der Waals surface area contributed by atoms with Crippen LogP contribution < -0.4 is 5.46 Å². The summed E-state index contributed by atoms with van der Waals surface area (Å²) in [6.07, 6.45) is 10.8. The van der Waals surface area contributed by atoms with Gasteiger partial charge in [-0.15, -0.1) is 0 Å². The molecule has 0 atom stereocenters. The van der Waals surface area contributed by atoms with E-state index in [0.29, 0.717) is 0 Å². The summed E-state index contributed by atoms with van der Waals surface area (Å²) in [6.45, 7) is 0. The van der Waals surface area contributed by atoms with Gasteiger partial charge in [-0.25, -0.2) is 0 Å². The number of rotatable bonds is 5. The van der Waals surface area contributed by atoms with Crippen LogP contribution in [0.1, 0.15) is 29.5 Å². The van der Waals surface area contributed by atoms with Crippen LogP contribution in [0.25, 0.3) is 27.8 Å². The minimum Gasteiger partial charge on any atom is -0.172 e. The molecule has 1 aromatic heterocycles. The summed E-state index contributed by atoms with van der Waals surface area (Å²) >= 11 is 1.30. The third-order valence-corrected chi connectivity index (χ3v) is 6.69. The van der Waals surface area contributed by atoms with Crippen molar-refractivity contribution in [3.63, 3.8) is 0 Å². The van der Waals surface area contributed by atoms with Crippen LogP contribution in [0.5, 0.6) is 0 Å². The molecule has 6 rings (SSSR count). The number of fused-ring (bicyclic) bond motifs is 1. The summed E-state index contributed by atoms with van der Waals surface area (Å²) < 4.78 is 9.39. The van der Waals surface area contributed by atoms with E-state index in [4.69, 9.17) is 8.75 Å². The summed E-state index contributed by atoms with van der Waals surface area (Å²) in [5.74, 6) is 0. The lowest BCUT2D eigenvalue weighted by Crippen LogP contribution is -2.15. The number of hydrogen-bond acceptors (Lipinski definition) is 3. The van der Waals surface area contributed by atoms with Crippen molar-refractivity contribution < 1.29 is 0 Å². The Morgan fingerprint density at radius 1 is 0.594 bits per heavy atom. The lowest BCUT2D eigenvalue weighted by Gasteiger charge is -2.10. The van der Waals surface area contributed by atoms with E-state index in [1.165, 1.54) is 56.1 Å². The monoisotopic (exact) mass is 427 g/mol. The standard InChI is InChI=1S/C28H20BN2S/c1-3-7-19(8-4-1)20-11-12-21(17-20)25-15-16-26(28-27(25)30-32-31-28)22-13-14-24(18-22)29-23-9-5-2-6-10-23/h1-16H,17-18H2. The van der Waals surface area contributed by atoms with Crippen molar-refractivity contribution in [1.29, 1.82) is 0 Å². The molecule has 2 nitrogen and oxygen atoms in total. The second kappa shape index (κ2) is 8.21. The normalized spacial score (nSPS) is 15.4. The molecule has 0 spiro atoms. The van der Waals surface area contributed by atoms with E-state index in [-0.39, 0.29) is 0 Å². The summed E-state index contributed by atoms with van der Waals surface area (Å²) in [5, 5.41) is 0. The second-order valence-electron chi connectivity index (χ2n) is 8.21. The predicted molar refractivity (Wildman–Crippen MR) is 137 cm³/mol. The maximum Gasteiger partial charge on any atom is 0.186 e. The van der Waals surface area contributed by atoms with Gasteiger partial charge in [-0.1, -0.05) is 108 Å². The molecule has 0 bridgehead atoms. The van der Waals surface area contributed by atoms with Crippen LogP contribution in [-0.2, 0) is 0 Å². The number of allylic oxidation sites excluding steroid dienone is 8. The van der Waals surface area contributed by atoms with Crippen molar-refractivity contribution in [3.05, 3.63) is 119 Å². The SMILES string of the molecule is [B](C1=CC=C(c2ccc(C3=CC=C(c4ccccc4)C3)c3nsnc23)C1)c1ccccc1. The van der Waals surface area contributed by atoms with E-state index in [9.17, 15) is 0 Å². The highest BCUT2D eigenvalue weighted by atomic mass is 32.1. The van der Waals surface area contributed by atoms with Crippen molar-refractivity contribution in [2.24, 2.45) is 0 Å². The zero-order valence-corrected chi connectivity index (χ0v) is 18.3. The van der Waals surface area contributed by atoms with Gasteiger partial charge in [0, 0.05) is 11.1 Å². The third-order valence-electron chi connectivity index (χ3n) is 6.16. The molecular formula is C28H20BN2S. The first-order chi connectivity index (χ1) is 15.8. The molecule has 32 heavy (non-hydrogen) atoms. The lowest BCUT2D eigenvalue weighted by atomic mass is 9.62. The molecule has 151 valence electrons. The topological polar surface area (TPSA) is 25.8 Å². The molecule has 2 aliphatic carbocycles. The number of nitrogens with zero attached hydrogens (tertiary/aromatic N) is 2. The maximum absolute atomic E-state index is 4.69. The van der Waals surface area contributed by atoms with Gasteiger partial charge in [-0.3, -0.25) is 0 Å². The minimum absolute atomic E-state index is 0.920. The Morgan fingerprint density at radius 3 is 1.91 bits per heavy atom. The van der Waals surface area contributed by atoms with E-state index in [1.807, 2.05) is 0 Å². The fourth-order valence-electron chi connectivity index (χ4n) is 4.54. The molecule has 4 heteroatoms. The van der Waals surface area contributed by atoms with Crippen LogP contribution in [0.3, 0.4) is 0 Å². The maximum atomic E-state index is 4.69. The highest BCUT2D eigenvalue weighted by molar-refractivity contribution is 7.00. The van der Waals surface area contributed by atoms with Crippen molar-refractivity contribution in [2.75, 3.05) is 0 Å². The molecule has 0 unspecified atom stereocenters. The molecule has 0 N–H and O–H groups in total. The molecule has 1 radical (unpaired) electrons. The molecule has 0 aliphatic heterocycles. The summed E-state index contributed by atoms with van der Waals surface area (Å²) in [7, 11) is 2.26. The van der Waals surface area contributed by atoms with Crippen LogP contribution in [0.15, 0.2) is 103 Å². The Bertz CT molecular complexity index is 1430. The van der Waals surface area contributed by atoms with Gasteiger partial charge in [0.2, 0.25) is 0 Å². The molecule has 3 aromatic carbocycles. The zero-order valence-electron chi connectivity index (χ0n) is 17.5. The summed E-state index contributed by atoms with van der Waals surface area (Å²) in [6, 6.07) is 25.6. The Labute approximate surface area is 192 Å². The lowest BCUT2D eigenvalue weighted by molar-refractivity contribution is 1.39. The second-order valence-corrected chi connectivity index (χ2v) is 8.74. The Kier molecular flexibility index (Phi) is 4.93. The first-order valence-electron chi connectivity index (χ1n) is 10.9. The predicted octanol–water partition coefficient (Wildman–Crippen LogP) is 6.26. The highest BCUT2D eigenvalue weighted by Gasteiger charge is 2.20. The Hall–Kier alpha value is -3.50. The fourth-order valence-corrected chi connectivity index (χ4v) is 5.11. The fraction of sp³-hybridized carbons (Fsp3) is 0.0714. The summed E-state index contributed by atoms with van der Waals surface area (Å²) in [5.41, 5.74) is 12.2. The summed E-state index contributed by atoms with van der Waals surface area (Å²) in [4.78, 5) is 0. The Balaban J connectivity index is 1.24. The van der Waals surface area contributed by atoms with Crippen LogP contribution >= 0.6 is 11.7 Å². The van der Waals surface area contributed by atoms with Crippen LogP contribution in [0.4, 0.5) is 0 Å². The molecule has 1 heterocycles. The minimum atomic E-state index is 0.920. The van der Waals surface area contributed by atoms with Gasteiger partial charge in [0.15, 0.2) is 7.28 Å². The quantitative estimate of drug-likeness (QED) is 0.351. The molecule has 0 amide bonds. The number of benzene rings is 3. The first kappa shape index (κ1) is 19.2. The van der Waals surface area contributed by atoms with Crippen molar-refractivity contribution in [2.45, 2.75) is 12.8 Å². The smallest absolute Gasteiger partial charge is 0.172 e. The third kappa shape index (κ3) is 3.57. The molecule has 0 fully saturated rings. The van der Waals surface area contributed by atoms with Crippen LogP contribution in [0, 0.1) is 0 Å². The van der Waals surface area contributed by atoms with Gasteiger partial charge in [-0.2, -0.15) is 8.75 Å². The van der Waals surface area contributed by atoms with Gasteiger partial charge < -0.3 is 0 Å². The highest BCUT2D eigenvalue weighted by Crippen LogP contribution is 2.39. The molecule has 4 aromatic rings. The van der Waals surface area contributed by atoms with E-state index in [1.54, 1.807) is 0 Å². The van der Waals surface area contributed by atoms with E-state index < -0.39 is 0 Å². The van der Waals surface area contributed by atoms with Crippen LogP contribution in [-0.4, -0.2) is 16.0 Å². The van der Waals surface area contributed by atoms with Gasteiger partial charge in [-0.05, 0) is 35.1 Å². The molecule has 2 aliphatic rings. The van der Waals surface area contributed by atoms with Crippen molar-refractivity contribution in [3.8, 4) is 0 Å². The number of hydrogen-bond donors (Lipinski definition) is 0.